The maximum absolute atomic E-state index is 14.1. The van der Waals surface area contributed by atoms with Crippen molar-refractivity contribution in [1.82, 2.24) is 10.2 Å². The second-order valence-corrected chi connectivity index (χ2v) is 12.6. The summed E-state index contributed by atoms with van der Waals surface area (Å²) >= 11 is 0. The third-order valence-electron chi connectivity index (χ3n) is 6.33. The summed E-state index contributed by atoms with van der Waals surface area (Å²) in [6.45, 7) is 9.10. The van der Waals surface area contributed by atoms with E-state index in [9.17, 15) is 18.0 Å². The maximum Gasteiger partial charge on any atom is 0.264 e. The van der Waals surface area contributed by atoms with Gasteiger partial charge in [-0.05, 0) is 76.1 Å². The fourth-order valence-corrected chi connectivity index (χ4v) is 5.69. The van der Waals surface area contributed by atoms with E-state index in [1.54, 1.807) is 42.5 Å². The second-order valence-electron chi connectivity index (χ2n) is 10.7. The SMILES string of the molecule is CCC(C(=O)NC(C)(C)C)N(Cc1ccc(C)cc1)C(=O)CN(c1ccc(OC)cc1)S(=O)(=O)c1ccccc1. The number of rotatable bonds is 11. The van der Waals surface area contributed by atoms with Crippen molar-refractivity contribution in [3.63, 3.8) is 0 Å². The summed E-state index contributed by atoms with van der Waals surface area (Å²) in [4.78, 5) is 29.0. The molecule has 2 amide bonds. The molecule has 3 rings (SSSR count). The van der Waals surface area contributed by atoms with Crippen molar-refractivity contribution >= 4 is 27.5 Å². The van der Waals surface area contributed by atoms with Crippen molar-refractivity contribution in [3.8, 4) is 5.75 Å². The molecule has 9 heteroatoms. The number of ether oxygens (including phenoxy) is 1. The second kappa shape index (κ2) is 13.0. The highest BCUT2D eigenvalue weighted by atomic mass is 32.2. The van der Waals surface area contributed by atoms with Crippen LogP contribution >= 0.6 is 0 Å². The van der Waals surface area contributed by atoms with Gasteiger partial charge in [0.05, 0.1) is 17.7 Å². The van der Waals surface area contributed by atoms with Crippen molar-refractivity contribution in [2.75, 3.05) is 18.0 Å². The Morgan fingerprint density at radius 1 is 0.925 bits per heavy atom. The molecule has 1 unspecified atom stereocenters. The van der Waals surface area contributed by atoms with Crippen LogP contribution in [0.4, 0.5) is 5.69 Å². The highest BCUT2D eigenvalue weighted by Crippen LogP contribution is 2.27. The minimum Gasteiger partial charge on any atom is -0.497 e. The molecule has 214 valence electrons. The highest BCUT2D eigenvalue weighted by molar-refractivity contribution is 7.92. The third-order valence-corrected chi connectivity index (χ3v) is 8.12. The first-order valence-corrected chi connectivity index (χ1v) is 14.7. The molecule has 0 aliphatic carbocycles. The summed E-state index contributed by atoms with van der Waals surface area (Å²) in [7, 11) is -2.60. The molecule has 0 aromatic heterocycles. The van der Waals surface area contributed by atoms with Gasteiger partial charge in [0.15, 0.2) is 0 Å². The predicted octanol–water partition coefficient (Wildman–Crippen LogP) is 4.92. The summed E-state index contributed by atoms with van der Waals surface area (Å²) in [6.07, 6.45) is 0.355. The molecule has 3 aromatic carbocycles. The number of hydrogen-bond acceptors (Lipinski definition) is 5. The fraction of sp³-hybridized carbons (Fsp3) is 0.355. The first-order chi connectivity index (χ1) is 18.9. The Hall–Kier alpha value is -3.85. The largest absolute Gasteiger partial charge is 0.497 e. The Morgan fingerprint density at radius 3 is 2.05 bits per heavy atom. The van der Waals surface area contributed by atoms with E-state index in [2.05, 4.69) is 5.32 Å². The molecule has 0 aliphatic heterocycles. The van der Waals surface area contributed by atoms with Crippen LogP contribution in [0.15, 0.2) is 83.8 Å². The molecule has 0 aliphatic rings. The lowest BCUT2D eigenvalue weighted by molar-refractivity contribution is -0.141. The molecular formula is C31H39N3O5S. The van der Waals surface area contributed by atoms with Crippen LogP contribution in [0.1, 0.15) is 45.2 Å². The molecule has 3 aromatic rings. The summed E-state index contributed by atoms with van der Waals surface area (Å²) in [5.41, 5.74) is 1.71. The van der Waals surface area contributed by atoms with Crippen LogP contribution in [0.3, 0.4) is 0 Å². The fourth-order valence-electron chi connectivity index (χ4n) is 4.26. The topological polar surface area (TPSA) is 96.0 Å². The van der Waals surface area contributed by atoms with Crippen LogP contribution in [0, 0.1) is 6.92 Å². The van der Waals surface area contributed by atoms with Crippen molar-refractivity contribution in [2.45, 2.75) is 64.1 Å². The van der Waals surface area contributed by atoms with Gasteiger partial charge in [-0.3, -0.25) is 13.9 Å². The molecule has 0 saturated carbocycles. The first kappa shape index (κ1) is 30.7. The molecule has 1 N–H and O–H groups in total. The Morgan fingerprint density at radius 2 is 1.52 bits per heavy atom. The van der Waals surface area contributed by atoms with E-state index in [1.165, 1.54) is 24.1 Å². The summed E-state index contributed by atoms with van der Waals surface area (Å²) in [6, 6.07) is 21.4. The van der Waals surface area contributed by atoms with Crippen LogP contribution in [0.5, 0.6) is 5.75 Å². The normalized spacial score (nSPS) is 12.3. The highest BCUT2D eigenvalue weighted by Gasteiger charge is 2.34. The standard InChI is InChI=1S/C31H39N3O5S/c1-7-28(30(36)32-31(3,4)5)33(21-24-15-13-23(2)14-16-24)29(35)22-34(25-17-19-26(39-6)20-18-25)40(37,38)27-11-9-8-10-12-27/h8-20,28H,7,21-22H2,1-6H3,(H,32,36). The van der Waals surface area contributed by atoms with E-state index in [-0.39, 0.29) is 17.3 Å². The number of carbonyl (C=O) groups excluding carboxylic acids is 2. The van der Waals surface area contributed by atoms with Gasteiger partial charge in [-0.25, -0.2) is 8.42 Å². The molecular weight excluding hydrogens is 526 g/mol. The number of anilines is 1. The van der Waals surface area contributed by atoms with Crippen LogP contribution in [0.25, 0.3) is 0 Å². The Labute approximate surface area is 238 Å². The lowest BCUT2D eigenvalue weighted by atomic mass is 10.1. The number of carbonyl (C=O) groups is 2. The lowest BCUT2D eigenvalue weighted by Gasteiger charge is -2.34. The smallest absolute Gasteiger partial charge is 0.264 e. The predicted molar refractivity (Wildman–Crippen MR) is 158 cm³/mol. The van der Waals surface area contributed by atoms with Crippen molar-refractivity contribution in [1.29, 1.82) is 0 Å². The third kappa shape index (κ3) is 7.85. The summed E-state index contributed by atoms with van der Waals surface area (Å²) < 4.78 is 34.0. The molecule has 0 saturated heterocycles. The van der Waals surface area contributed by atoms with E-state index < -0.39 is 34.1 Å². The van der Waals surface area contributed by atoms with Gasteiger partial charge in [-0.2, -0.15) is 0 Å². The monoisotopic (exact) mass is 565 g/mol. The van der Waals surface area contributed by atoms with Crippen LogP contribution < -0.4 is 14.4 Å². The van der Waals surface area contributed by atoms with E-state index in [0.29, 0.717) is 17.9 Å². The zero-order chi connectivity index (χ0) is 29.5. The quantitative estimate of drug-likeness (QED) is 0.356. The molecule has 0 fully saturated rings. The number of benzene rings is 3. The maximum atomic E-state index is 14.1. The molecule has 0 bridgehead atoms. The molecule has 0 radical (unpaired) electrons. The number of aryl methyl sites for hydroxylation is 1. The Kier molecular flexibility index (Phi) is 9.98. The molecule has 1 atom stereocenters. The molecule has 0 heterocycles. The van der Waals surface area contributed by atoms with Crippen LogP contribution in [-0.4, -0.2) is 50.4 Å². The van der Waals surface area contributed by atoms with Gasteiger partial charge in [-0.1, -0.05) is 55.0 Å². The first-order valence-electron chi connectivity index (χ1n) is 13.2. The summed E-state index contributed by atoms with van der Waals surface area (Å²) in [5.74, 6) is -0.234. The van der Waals surface area contributed by atoms with Gasteiger partial charge >= 0.3 is 0 Å². The van der Waals surface area contributed by atoms with E-state index in [4.69, 9.17) is 4.74 Å². The number of sulfonamides is 1. The van der Waals surface area contributed by atoms with Gasteiger partial charge in [-0.15, -0.1) is 0 Å². The minimum atomic E-state index is -4.12. The van der Waals surface area contributed by atoms with Gasteiger partial charge < -0.3 is 15.0 Å². The zero-order valence-corrected chi connectivity index (χ0v) is 24.9. The van der Waals surface area contributed by atoms with E-state index in [0.717, 1.165) is 15.4 Å². The van der Waals surface area contributed by atoms with Crippen molar-refractivity contribution < 1.29 is 22.7 Å². The molecule has 40 heavy (non-hydrogen) atoms. The van der Waals surface area contributed by atoms with Crippen LogP contribution in [-0.2, 0) is 26.2 Å². The molecule has 8 nitrogen and oxygen atoms in total. The average molecular weight is 566 g/mol. The van der Waals surface area contributed by atoms with Gasteiger partial charge in [0.25, 0.3) is 10.0 Å². The zero-order valence-electron chi connectivity index (χ0n) is 24.0. The van der Waals surface area contributed by atoms with Gasteiger partial charge in [0, 0.05) is 12.1 Å². The number of hydrogen-bond donors (Lipinski definition) is 1. The Bertz CT molecular complexity index is 1380. The van der Waals surface area contributed by atoms with Crippen molar-refractivity contribution in [3.05, 3.63) is 90.0 Å². The minimum absolute atomic E-state index is 0.0567. The van der Waals surface area contributed by atoms with Gasteiger partial charge in [0.2, 0.25) is 11.8 Å². The van der Waals surface area contributed by atoms with E-state index in [1.807, 2.05) is 58.9 Å². The average Bonchev–Trinajstić information content (AvgIpc) is 2.92. The van der Waals surface area contributed by atoms with Crippen LogP contribution in [0.2, 0.25) is 0 Å². The van der Waals surface area contributed by atoms with E-state index >= 15 is 0 Å². The number of nitrogens with one attached hydrogen (secondary N) is 1. The molecule has 0 spiro atoms. The number of amides is 2. The lowest BCUT2D eigenvalue weighted by Crippen LogP contribution is -2.55. The van der Waals surface area contributed by atoms with Gasteiger partial charge in [0.1, 0.15) is 18.3 Å². The number of methoxy groups -OCH3 is 1. The Balaban J connectivity index is 2.06. The van der Waals surface area contributed by atoms with Crippen molar-refractivity contribution in [2.24, 2.45) is 0 Å². The number of nitrogens with zero attached hydrogens (tertiary/aromatic N) is 2. The summed E-state index contributed by atoms with van der Waals surface area (Å²) in [5, 5.41) is 2.98.